The zero-order chi connectivity index (χ0) is 17.1. The third-order valence-electron chi connectivity index (χ3n) is 2.21. The van der Waals surface area contributed by atoms with Gasteiger partial charge < -0.3 is 9.47 Å². The number of carbonyl (C=O) groups is 1. The number of halogens is 7. The Hall–Kier alpha value is -1.27. The average Bonchev–Trinajstić information content (AvgIpc) is 2.30. The lowest BCUT2D eigenvalue weighted by Gasteiger charge is -2.16. The highest BCUT2D eigenvalue weighted by Crippen LogP contribution is 2.37. The zero-order valence-electron chi connectivity index (χ0n) is 10.8. The van der Waals surface area contributed by atoms with E-state index in [0.29, 0.717) is 0 Å². The summed E-state index contributed by atoms with van der Waals surface area (Å²) in [4.78, 5) is 14.4. The molecule has 0 amide bonds. The van der Waals surface area contributed by atoms with Gasteiger partial charge in [0.15, 0.2) is 0 Å². The molecule has 22 heavy (non-hydrogen) atoms. The van der Waals surface area contributed by atoms with Crippen molar-refractivity contribution in [1.29, 1.82) is 0 Å². The predicted molar refractivity (Wildman–Crippen MR) is 69.0 cm³/mol. The molecule has 0 aromatic carbocycles. The first-order valence-electron chi connectivity index (χ1n) is 5.61. The molecule has 0 unspecified atom stereocenters. The fraction of sp³-hybridized carbons (Fsp3) is 0.455. The SMILES string of the molecule is CCOC(=O)Cc1c(OC(F)(F)F)ncc(C(F)(F)F)c1I. The van der Waals surface area contributed by atoms with Crippen LogP contribution in [-0.2, 0) is 22.1 Å². The van der Waals surface area contributed by atoms with Gasteiger partial charge in [-0.3, -0.25) is 4.79 Å². The van der Waals surface area contributed by atoms with E-state index in [1.165, 1.54) is 29.5 Å². The number of hydrogen-bond acceptors (Lipinski definition) is 4. The van der Waals surface area contributed by atoms with E-state index in [2.05, 4.69) is 14.5 Å². The second kappa shape index (κ2) is 6.87. The monoisotopic (exact) mass is 443 g/mol. The summed E-state index contributed by atoms with van der Waals surface area (Å²) >= 11 is 1.19. The summed E-state index contributed by atoms with van der Waals surface area (Å²) in [6.45, 7) is 1.37. The van der Waals surface area contributed by atoms with E-state index in [1.807, 2.05) is 0 Å². The third kappa shape index (κ3) is 5.18. The van der Waals surface area contributed by atoms with Gasteiger partial charge in [0.2, 0.25) is 5.88 Å². The Morgan fingerprint density at radius 2 is 1.86 bits per heavy atom. The molecular formula is C11H8F6INO3. The molecule has 11 heteroatoms. The van der Waals surface area contributed by atoms with Crippen molar-refractivity contribution >= 4 is 28.6 Å². The van der Waals surface area contributed by atoms with E-state index in [1.54, 1.807) is 0 Å². The highest BCUT2D eigenvalue weighted by atomic mass is 127. The Morgan fingerprint density at radius 3 is 2.32 bits per heavy atom. The summed E-state index contributed by atoms with van der Waals surface area (Å²) in [7, 11) is 0. The van der Waals surface area contributed by atoms with Crippen molar-refractivity contribution in [3.63, 3.8) is 0 Å². The number of rotatable bonds is 4. The van der Waals surface area contributed by atoms with Gasteiger partial charge in [0.05, 0.1) is 18.6 Å². The van der Waals surface area contributed by atoms with Gasteiger partial charge in [-0.1, -0.05) is 0 Å². The van der Waals surface area contributed by atoms with E-state index >= 15 is 0 Å². The predicted octanol–water partition coefficient (Wildman–Crippen LogP) is 3.71. The van der Waals surface area contributed by atoms with Gasteiger partial charge in [-0.15, -0.1) is 13.2 Å². The Bertz CT molecular complexity index is 558. The van der Waals surface area contributed by atoms with Crippen LogP contribution in [0.2, 0.25) is 0 Å². The van der Waals surface area contributed by atoms with Gasteiger partial charge in [-0.25, -0.2) is 4.98 Å². The molecule has 0 fully saturated rings. The minimum Gasteiger partial charge on any atom is -0.466 e. The summed E-state index contributed by atoms with van der Waals surface area (Å²) in [6, 6.07) is 0. The maximum absolute atomic E-state index is 12.8. The van der Waals surface area contributed by atoms with Gasteiger partial charge >= 0.3 is 18.5 Å². The molecule has 1 heterocycles. The first kappa shape index (κ1) is 18.8. The van der Waals surface area contributed by atoms with Crippen LogP contribution in [-0.4, -0.2) is 23.9 Å². The Labute approximate surface area is 133 Å². The van der Waals surface area contributed by atoms with Crippen molar-refractivity contribution in [3.05, 3.63) is 20.9 Å². The van der Waals surface area contributed by atoms with Crippen LogP contribution in [0.4, 0.5) is 26.3 Å². The van der Waals surface area contributed by atoms with Crippen molar-refractivity contribution in [2.75, 3.05) is 6.61 Å². The molecule has 124 valence electrons. The first-order chi connectivity index (χ1) is 9.95. The largest absolute Gasteiger partial charge is 0.574 e. The van der Waals surface area contributed by atoms with E-state index < -0.39 is 45.5 Å². The second-order valence-electron chi connectivity index (χ2n) is 3.80. The third-order valence-corrected chi connectivity index (χ3v) is 3.45. The zero-order valence-corrected chi connectivity index (χ0v) is 13.0. The van der Waals surface area contributed by atoms with Crippen LogP contribution in [0.5, 0.6) is 5.88 Å². The van der Waals surface area contributed by atoms with Crippen LogP contribution in [0.1, 0.15) is 18.1 Å². The summed E-state index contributed by atoms with van der Waals surface area (Å²) in [5.74, 6) is -2.11. The first-order valence-corrected chi connectivity index (χ1v) is 6.69. The topological polar surface area (TPSA) is 48.4 Å². The highest BCUT2D eigenvalue weighted by molar-refractivity contribution is 14.1. The maximum Gasteiger partial charge on any atom is 0.574 e. The summed E-state index contributed by atoms with van der Waals surface area (Å²) in [5.41, 5.74) is -1.90. The van der Waals surface area contributed by atoms with Gasteiger partial charge in [-0.2, -0.15) is 13.2 Å². The van der Waals surface area contributed by atoms with Crippen LogP contribution in [0, 0.1) is 3.57 Å². The summed E-state index contributed by atoms with van der Waals surface area (Å²) in [5, 5.41) is 0. The number of aromatic nitrogens is 1. The molecule has 0 spiro atoms. The summed E-state index contributed by atoms with van der Waals surface area (Å²) in [6.07, 6.45) is -10.6. The van der Waals surface area contributed by atoms with Crippen molar-refractivity contribution in [2.24, 2.45) is 0 Å². The maximum atomic E-state index is 12.8. The molecule has 0 bridgehead atoms. The van der Waals surface area contributed by atoms with E-state index in [9.17, 15) is 31.1 Å². The summed E-state index contributed by atoms with van der Waals surface area (Å²) < 4.78 is 82.6. The molecule has 0 saturated heterocycles. The van der Waals surface area contributed by atoms with Crippen molar-refractivity contribution < 1.29 is 40.6 Å². The Balaban J connectivity index is 3.33. The smallest absolute Gasteiger partial charge is 0.466 e. The standard InChI is InChI=1S/C11H8F6INO3/c1-2-21-7(20)3-5-8(18)6(10(12,13)14)4-19-9(5)22-11(15,16)17/h4H,2-3H2,1H3. The fourth-order valence-electron chi connectivity index (χ4n) is 1.42. The lowest BCUT2D eigenvalue weighted by molar-refractivity contribution is -0.276. The molecule has 0 N–H and O–H groups in total. The van der Waals surface area contributed by atoms with Crippen LogP contribution < -0.4 is 4.74 Å². The molecule has 0 aliphatic rings. The number of esters is 1. The van der Waals surface area contributed by atoms with Gasteiger partial charge in [0.25, 0.3) is 0 Å². The Kier molecular flexibility index (Phi) is 5.87. The molecular weight excluding hydrogens is 435 g/mol. The molecule has 0 aliphatic heterocycles. The van der Waals surface area contributed by atoms with Gasteiger partial charge in [0.1, 0.15) is 0 Å². The number of alkyl halides is 6. The molecule has 0 saturated carbocycles. The highest BCUT2D eigenvalue weighted by Gasteiger charge is 2.38. The molecule has 1 aromatic heterocycles. The van der Waals surface area contributed by atoms with Crippen molar-refractivity contribution in [1.82, 2.24) is 4.98 Å². The van der Waals surface area contributed by atoms with E-state index in [-0.39, 0.29) is 12.8 Å². The molecule has 4 nitrogen and oxygen atoms in total. The minimum absolute atomic E-state index is 0.0722. The number of ether oxygens (including phenoxy) is 2. The normalized spacial score (nSPS) is 12.2. The van der Waals surface area contributed by atoms with Gasteiger partial charge in [-0.05, 0) is 29.5 Å². The number of nitrogens with zero attached hydrogens (tertiary/aromatic N) is 1. The average molecular weight is 443 g/mol. The van der Waals surface area contributed by atoms with Crippen LogP contribution >= 0.6 is 22.6 Å². The minimum atomic E-state index is -5.15. The number of pyridine rings is 1. The second-order valence-corrected chi connectivity index (χ2v) is 4.88. The molecule has 1 rings (SSSR count). The molecule has 0 radical (unpaired) electrons. The lowest BCUT2D eigenvalue weighted by atomic mass is 10.1. The lowest BCUT2D eigenvalue weighted by Crippen LogP contribution is -2.22. The molecule has 0 aliphatic carbocycles. The van der Waals surface area contributed by atoms with Crippen LogP contribution in [0.3, 0.4) is 0 Å². The van der Waals surface area contributed by atoms with Gasteiger partial charge in [0, 0.05) is 15.3 Å². The van der Waals surface area contributed by atoms with Crippen molar-refractivity contribution in [3.8, 4) is 5.88 Å². The van der Waals surface area contributed by atoms with Crippen LogP contribution in [0.15, 0.2) is 6.20 Å². The van der Waals surface area contributed by atoms with Crippen molar-refractivity contribution in [2.45, 2.75) is 25.9 Å². The molecule has 1 aromatic rings. The van der Waals surface area contributed by atoms with Crippen LogP contribution in [0.25, 0.3) is 0 Å². The molecule has 0 atom stereocenters. The van der Waals surface area contributed by atoms with E-state index in [0.717, 1.165) is 0 Å². The fourth-order valence-corrected chi connectivity index (χ4v) is 2.29. The number of hydrogen-bond donors (Lipinski definition) is 0. The Morgan fingerprint density at radius 1 is 1.27 bits per heavy atom. The number of carbonyl (C=O) groups excluding carboxylic acids is 1. The quantitative estimate of drug-likeness (QED) is 0.405. The van der Waals surface area contributed by atoms with E-state index in [4.69, 9.17) is 0 Å².